The van der Waals surface area contributed by atoms with E-state index in [2.05, 4.69) is 5.32 Å². The zero-order valence-corrected chi connectivity index (χ0v) is 12.1. The highest BCUT2D eigenvalue weighted by molar-refractivity contribution is 5.97. The van der Waals surface area contributed by atoms with Gasteiger partial charge >= 0.3 is 5.97 Å². The average molecular weight is 278 g/mol. The van der Waals surface area contributed by atoms with Crippen LogP contribution in [-0.2, 0) is 4.79 Å². The van der Waals surface area contributed by atoms with E-state index in [1.165, 1.54) is 6.07 Å². The Balaban J connectivity index is 2.90. The van der Waals surface area contributed by atoms with Crippen LogP contribution in [0.3, 0.4) is 0 Å². The van der Waals surface area contributed by atoms with Crippen molar-refractivity contribution in [3.63, 3.8) is 0 Å². The predicted octanol–water partition coefficient (Wildman–Crippen LogP) is 2.25. The number of amides is 1. The van der Waals surface area contributed by atoms with Gasteiger partial charge in [0.1, 0.15) is 0 Å². The summed E-state index contributed by atoms with van der Waals surface area (Å²) in [7, 11) is 0. The van der Waals surface area contributed by atoms with Crippen molar-refractivity contribution in [2.45, 2.75) is 27.2 Å². The van der Waals surface area contributed by atoms with Crippen LogP contribution >= 0.6 is 0 Å². The number of benzene rings is 1. The molecular formula is C15H22N2O3. The fraction of sp³-hybridized carbons (Fsp3) is 0.467. The van der Waals surface area contributed by atoms with Crippen LogP contribution in [0.5, 0.6) is 0 Å². The molecule has 0 aliphatic carbocycles. The third-order valence-electron chi connectivity index (χ3n) is 3.23. The Morgan fingerprint density at radius 1 is 1.35 bits per heavy atom. The van der Waals surface area contributed by atoms with Gasteiger partial charge in [-0.15, -0.1) is 0 Å². The number of carbonyl (C=O) groups excluding carboxylic acids is 1. The van der Waals surface area contributed by atoms with Gasteiger partial charge in [-0.25, -0.2) is 4.79 Å². The summed E-state index contributed by atoms with van der Waals surface area (Å²) in [5.41, 5.74) is 6.90. The molecule has 1 aromatic rings. The van der Waals surface area contributed by atoms with Crippen LogP contribution in [0.2, 0.25) is 0 Å². The van der Waals surface area contributed by atoms with Gasteiger partial charge in [0, 0.05) is 12.2 Å². The maximum Gasteiger partial charge on any atom is 0.336 e. The van der Waals surface area contributed by atoms with Crippen LogP contribution < -0.4 is 11.1 Å². The number of carboxylic acid groups (broad SMARTS) is 1. The third kappa shape index (κ3) is 4.06. The van der Waals surface area contributed by atoms with Crippen LogP contribution in [0.4, 0.5) is 5.69 Å². The fourth-order valence-corrected chi connectivity index (χ4v) is 2.12. The van der Waals surface area contributed by atoms with Gasteiger partial charge in [-0.3, -0.25) is 4.79 Å². The molecule has 20 heavy (non-hydrogen) atoms. The molecule has 4 N–H and O–H groups in total. The van der Waals surface area contributed by atoms with Crippen LogP contribution in [0.1, 0.15) is 36.2 Å². The number of nitrogens with one attached hydrogen (secondary N) is 1. The van der Waals surface area contributed by atoms with Crippen LogP contribution in [0.15, 0.2) is 18.2 Å². The van der Waals surface area contributed by atoms with Crippen molar-refractivity contribution in [1.82, 2.24) is 0 Å². The number of carbonyl (C=O) groups is 2. The molecule has 0 saturated carbocycles. The van der Waals surface area contributed by atoms with Gasteiger partial charge in [-0.2, -0.15) is 0 Å². The lowest BCUT2D eigenvalue weighted by Crippen LogP contribution is -2.30. The smallest absolute Gasteiger partial charge is 0.336 e. The van der Waals surface area contributed by atoms with Gasteiger partial charge in [0.15, 0.2) is 0 Å². The molecule has 1 rings (SSSR count). The van der Waals surface area contributed by atoms with Gasteiger partial charge in [-0.05, 0) is 37.0 Å². The number of hydrogen-bond donors (Lipinski definition) is 3. The Labute approximate surface area is 119 Å². The van der Waals surface area contributed by atoms with E-state index in [-0.39, 0.29) is 23.9 Å². The summed E-state index contributed by atoms with van der Waals surface area (Å²) in [6.07, 6.45) is 0.708. The van der Waals surface area contributed by atoms with E-state index in [1.54, 1.807) is 19.1 Å². The van der Waals surface area contributed by atoms with E-state index in [4.69, 9.17) is 10.8 Å². The summed E-state index contributed by atoms with van der Waals surface area (Å²) in [5, 5.41) is 11.8. The minimum absolute atomic E-state index is 0.160. The zero-order valence-electron chi connectivity index (χ0n) is 12.1. The summed E-state index contributed by atoms with van der Waals surface area (Å²) >= 11 is 0. The Morgan fingerprint density at radius 2 is 2.00 bits per heavy atom. The lowest BCUT2D eigenvalue weighted by atomic mass is 9.96. The van der Waals surface area contributed by atoms with Crippen molar-refractivity contribution in [2.24, 2.45) is 17.6 Å². The number of nitrogens with two attached hydrogens (primary N) is 1. The van der Waals surface area contributed by atoms with E-state index in [9.17, 15) is 9.59 Å². The molecule has 0 spiro atoms. The van der Waals surface area contributed by atoms with Gasteiger partial charge in [-0.1, -0.05) is 19.9 Å². The topological polar surface area (TPSA) is 92.4 Å². The number of carboxylic acids is 1. The average Bonchev–Trinajstić information content (AvgIpc) is 2.37. The minimum atomic E-state index is -1.00. The number of rotatable bonds is 6. The molecule has 5 nitrogen and oxygen atoms in total. The molecule has 1 unspecified atom stereocenters. The van der Waals surface area contributed by atoms with E-state index in [1.807, 2.05) is 13.8 Å². The second kappa shape index (κ2) is 7.05. The number of aromatic carboxylic acids is 1. The molecule has 1 amide bonds. The Kier molecular flexibility index (Phi) is 5.70. The molecule has 1 aromatic carbocycles. The molecule has 110 valence electrons. The van der Waals surface area contributed by atoms with Crippen molar-refractivity contribution in [1.29, 1.82) is 0 Å². The Bertz CT molecular complexity index is 498. The van der Waals surface area contributed by atoms with Crippen molar-refractivity contribution < 1.29 is 14.7 Å². The molecule has 0 radical (unpaired) electrons. The monoisotopic (exact) mass is 278 g/mol. The first kappa shape index (κ1) is 16.2. The highest BCUT2D eigenvalue weighted by atomic mass is 16.4. The first-order chi connectivity index (χ1) is 9.36. The summed E-state index contributed by atoms with van der Waals surface area (Å²) in [6, 6.07) is 4.83. The summed E-state index contributed by atoms with van der Waals surface area (Å²) in [4.78, 5) is 23.2. The van der Waals surface area contributed by atoms with Crippen molar-refractivity contribution >= 4 is 17.6 Å². The zero-order chi connectivity index (χ0) is 15.3. The second-order valence-electron chi connectivity index (χ2n) is 5.33. The van der Waals surface area contributed by atoms with Gasteiger partial charge < -0.3 is 16.2 Å². The normalized spacial score (nSPS) is 12.2. The lowest BCUT2D eigenvalue weighted by Gasteiger charge is -2.18. The summed E-state index contributed by atoms with van der Waals surface area (Å²) < 4.78 is 0. The lowest BCUT2D eigenvalue weighted by molar-refractivity contribution is -0.120. The third-order valence-corrected chi connectivity index (χ3v) is 3.23. The molecular weight excluding hydrogens is 256 g/mol. The van der Waals surface area contributed by atoms with Crippen LogP contribution in [0, 0.1) is 18.8 Å². The maximum atomic E-state index is 12.2. The highest BCUT2D eigenvalue weighted by Gasteiger charge is 2.19. The predicted molar refractivity (Wildman–Crippen MR) is 78.8 cm³/mol. The molecule has 0 saturated heterocycles. The fourth-order valence-electron chi connectivity index (χ4n) is 2.12. The summed E-state index contributed by atoms with van der Waals surface area (Å²) in [6.45, 7) is 6.03. The van der Waals surface area contributed by atoms with Gasteiger partial charge in [0.2, 0.25) is 5.91 Å². The molecule has 1 atom stereocenters. The van der Waals surface area contributed by atoms with Crippen LogP contribution in [0.25, 0.3) is 0 Å². The van der Waals surface area contributed by atoms with Crippen molar-refractivity contribution in [3.8, 4) is 0 Å². The van der Waals surface area contributed by atoms with E-state index in [0.29, 0.717) is 23.6 Å². The van der Waals surface area contributed by atoms with Crippen LogP contribution in [-0.4, -0.2) is 23.5 Å². The SMILES string of the molecule is Cc1c(NC(=O)C(CN)CC(C)C)cccc1C(=O)O. The van der Waals surface area contributed by atoms with Gasteiger partial charge in [0.25, 0.3) is 0 Å². The standard InChI is InChI=1S/C15H22N2O3/c1-9(2)7-11(8-16)14(18)17-13-6-4-5-12(10(13)3)15(19)20/h4-6,9,11H,7-8,16H2,1-3H3,(H,17,18)(H,19,20). The molecule has 0 aromatic heterocycles. The van der Waals surface area contributed by atoms with E-state index in [0.717, 1.165) is 0 Å². The quantitative estimate of drug-likeness (QED) is 0.744. The Hall–Kier alpha value is -1.88. The van der Waals surface area contributed by atoms with Crippen molar-refractivity contribution in [2.75, 3.05) is 11.9 Å². The van der Waals surface area contributed by atoms with E-state index >= 15 is 0 Å². The second-order valence-corrected chi connectivity index (χ2v) is 5.33. The Morgan fingerprint density at radius 3 is 2.50 bits per heavy atom. The van der Waals surface area contributed by atoms with E-state index < -0.39 is 5.97 Å². The van der Waals surface area contributed by atoms with Gasteiger partial charge in [0.05, 0.1) is 11.5 Å². The highest BCUT2D eigenvalue weighted by Crippen LogP contribution is 2.21. The first-order valence-electron chi connectivity index (χ1n) is 6.70. The minimum Gasteiger partial charge on any atom is -0.478 e. The van der Waals surface area contributed by atoms with Crippen molar-refractivity contribution in [3.05, 3.63) is 29.3 Å². The molecule has 0 heterocycles. The number of anilines is 1. The molecule has 0 aliphatic rings. The maximum absolute atomic E-state index is 12.2. The largest absolute Gasteiger partial charge is 0.478 e. The number of hydrogen-bond acceptors (Lipinski definition) is 3. The molecule has 0 fully saturated rings. The summed E-state index contributed by atoms with van der Waals surface area (Å²) in [5.74, 6) is -1.05. The molecule has 5 heteroatoms. The first-order valence-corrected chi connectivity index (χ1v) is 6.70. The molecule has 0 bridgehead atoms. The molecule has 0 aliphatic heterocycles.